The second-order valence-electron chi connectivity index (χ2n) is 3.74. The largest absolute Gasteiger partial charge is 0.358 e. The minimum absolute atomic E-state index is 0.468. The number of rotatable bonds is 2. The molecule has 2 rings (SSSR count). The van der Waals surface area contributed by atoms with E-state index in [0.717, 1.165) is 10.9 Å². The molecule has 0 spiro atoms. The summed E-state index contributed by atoms with van der Waals surface area (Å²) in [5, 5.41) is 3.96. The highest BCUT2D eigenvalue weighted by molar-refractivity contribution is 5.83. The van der Waals surface area contributed by atoms with Crippen LogP contribution in [0.25, 0.3) is 10.9 Å². The third-order valence-electron chi connectivity index (χ3n) is 2.35. The molecule has 0 aliphatic carbocycles. The van der Waals surface area contributed by atoms with Gasteiger partial charge in [-0.25, -0.2) is 0 Å². The number of hydrogen-bond donors (Lipinski definition) is 1. The van der Waals surface area contributed by atoms with Gasteiger partial charge in [-0.15, -0.1) is 4.91 Å². The summed E-state index contributed by atoms with van der Waals surface area (Å²) >= 11 is 0. The number of aromatic amines is 1. The van der Waals surface area contributed by atoms with Crippen molar-refractivity contribution in [2.75, 3.05) is 0 Å². The molecule has 0 saturated carbocycles. The average Bonchev–Trinajstić information content (AvgIpc) is 2.59. The molecule has 0 aliphatic rings. The Bertz CT molecular complexity index is 471. The maximum Gasteiger partial charge on any atom is 0.108 e. The lowest BCUT2D eigenvalue weighted by Gasteiger charge is -1.97. The number of H-pyrrole nitrogens is 1. The Hall–Kier alpha value is -1.64. The molecule has 3 heteroatoms. The van der Waals surface area contributed by atoms with E-state index in [0.29, 0.717) is 11.6 Å². The fraction of sp³-hybridized carbons (Fsp3) is 0.273. The Morgan fingerprint density at radius 1 is 1.29 bits per heavy atom. The highest BCUT2D eigenvalue weighted by atomic mass is 16.3. The molecule has 0 saturated heterocycles. The van der Waals surface area contributed by atoms with Gasteiger partial charge in [0.05, 0.1) is 0 Å². The number of fused-ring (bicyclic) bond motifs is 1. The Labute approximate surface area is 82.1 Å². The topological polar surface area (TPSA) is 45.2 Å². The molecule has 0 bridgehead atoms. The highest BCUT2D eigenvalue weighted by Crippen LogP contribution is 2.24. The third-order valence-corrected chi connectivity index (χ3v) is 2.35. The molecule has 0 fully saturated rings. The van der Waals surface area contributed by atoms with Gasteiger partial charge in [0.15, 0.2) is 0 Å². The molecular formula is C11H12N2O. The summed E-state index contributed by atoms with van der Waals surface area (Å²) in [6, 6.07) is 7.47. The van der Waals surface area contributed by atoms with E-state index in [-0.39, 0.29) is 0 Å². The van der Waals surface area contributed by atoms with Crippen molar-refractivity contribution in [3.05, 3.63) is 34.9 Å². The van der Waals surface area contributed by atoms with Crippen LogP contribution in [0.2, 0.25) is 0 Å². The third kappa shape index (κ3) is 1.41. The van der Waals surface area contributed by atoms with Crippen molar-refractivity contribution >= 4 is 16.6 Å². The van der Waals surface area contributed by atoms with Crippen molar-refractivity contribution in [2.45, 2.75) is 19.8 Å². The van der Waals surface area contributed by atoms with Crippen molar-refractivity contribution in [1.82, 2.24) is 4.98 Å². The Balaban J connectivity index is 2.59. The standard InChI is InChI=1S/C11H12N2O/c1-7(2)11-6-8-5-9(13-14)3-4-10(8)12-11/h3-7,12H,1-2H3. The van der Waals surface area contributed by atoms with Gasteiger partial charge >= 0.3 is 0 Å². The van der Waals surface area contributed by atoms with Gasteiger partial charge < -0.3 is 4.98 Å². The minimum Gasteiger partial charge on any atom is -0.358 e. The highest BCUT2D eigenvalue weighted by Gasteiger charge is 2.04. The summed E-state index contributed by atoms with van der Waals surface area (Å²) in [6.07, 6.45) is 0. The van der Waals surface area contributed by atoms with Crippen molar-refractivity contribution in [3.8, 4) is 0 Å². The predicted octanol–water partition coefficient (Wildman–Crippen LogP) is 3.69. The molecule has 72 valence electrons. The minimum atomic E-state index is 0.468. The first kappa shape index (κ1) is 8.94. The molecule has 0 aliphatic heterocycles. The quantitative estimate of drug-likeness (QED) is 0.717. The fourth-order valence-electron chi connectivity index (χ4n) is 1.51. The Kier molecular flexibility index (Phi) is 2.08. The second-order valence-corrected chi connectivity index (χ2v) is 3.74. The van der Waals surface area contributed by atoms with Crippen LogP contribution in [0.3, 0.4) is 0 Å². The molecule has 1 N–H and O–H groups in total. The number of hydrogen-bond acceptors (Lipinski definition) is 2. The van der Waals surface area contributed by atoms with Gasteiger partial charge in [-0.05, 0) is 35.4 Å². The lowest BCUT2D eigenvalue weighted by molar-refractivity contribution is 0.836. The summed E-state index contributed by atoms with van der Waals surface area (Å²) in [6.45, 7) is 4.26. The SMILES string of the molecule is CC(C)c1cc2cc(N=O)ccc2[nH]1. The van der Waals surface area contributed by atoms with Gasteiger partial charge in [-0.2, -0.15) is 0 Å². The smallest absolute Gasteiger partial charge is 0.108 e. The summed E-state index contributed by atoms with van der Waals surface area (Å²) in [5.74, 6) is 0.468. The van der Waals surface area contributed by atoms with E-state index in [9.17, 15) is 4.91 Å². The number of nitrogens with one attached hydrogen (secondary N) is 1. The molecule has 0 amide bonds. The summed E-state index contributed by atoms with van der Waals surface area (Å²) < 4.78 is 0. The van der Waals surface area contributed by atoms with Crippen LogP contribution < -0.4 is 0 Å². The van der Waals surface area contributed by atoms with Gasteiger partial charge in [0.1, 0.15) is 5.69 Å². The van der Waals surface area contributed by atoms with Crippen LogP contribution in [0, 0.1) is 4.91 Å². The number of nitrogens with zero attached hydrogens (tertiary/aromatic N) is 1. The molecule has 14 heavy (non-hydrogen) atoms. The van der Waals surface area contributed by atoms with Gasteiger partial charge in [-0.3, -0.25) is 0 Å². The zero-order chi connectivity index (χ0) is 10.1. The van der Waals surface area contributed by atoms with E-state index >= 15 is 0 Å². The monoisotopic (exact) mass is 188 g/mol. The fourth-order valence-corrected chi connectivity index (χ4v) is 1.51. The lowest BCUT2D eigenvalue weighted by atomic mass is 10.1. The van der Waals surface area contributed by atoms with E-state index in [1.165, 1.54) is 5.69 Å². The van der Waals surface area contributed by atoms with Crippen LogP contribution in [0.4, 0.5) is 5.69 Å². The Morgan fingerprint density at radius 2 is 2.07 bits per heavy atom. The molecule has 1 aromatic carbocycles. The van der Waals surface area contributed by atoms with E-state index in [2.05, 4.69) is 30.1 Å². The maximum atomic E-state index is 10.3. The van der Waals surface area contributed by atoms with Crippen molar-refractivity contribution in [1.29, 1.82) is 0 Å². The Morgan fingerprint density at radius 3 is 2.71 bits per heavy atom. The van der Waals surface area contributed by atoms with E-state index in [1.54, 1.807) is 12.1 Å². The van der Waals surface area contributed by atoms with Crippen LogP contribution in [-0.2, 0) is 0 Å². The van der Waals surface area contributed by atoms with Crippen LogP contribution in [0.1, 0.15) is 25.5 Å². The van der Waals surface area contributed by atoms with Gasteiger partial charge in [0, 0.05) is 16.6 Å². The first-order chi connectivity index (χ1) is 6.70. The number of nitroso groups, excluding NO2 is 1. The van der Waals surface area contributed by atoms with Crippen molar-refractivity contribution in [3.63, 3.8) is 0 Å². The molecule has 3 nitrogen and oxygen atoms in total. The molecule has 2 aromatic rings. The summed E-state index contributed by atoms with van der Waals surface area (Å²) in [4.78, 5) is 13.6. The molecular weight excluding hydrogens is 176 g/mol. The van der Waals surface area contributed by atoms with E-state index < -0.39 is 0 Å². The van der Waals surface area contributed by atoms with Crippen molar-refractivity contribution < 1.29 is 0 Å². The predicted molar refractivity (Wildman–Crippen MR) is 57.8 cm³/mol. The van der Waals surface area contributed by atoms with Crippen LogP contribution >= 0.6 is 0 Å². The number of aromatic nitrogens is 1. The summed E-state index contributed by atoms with van der Waals surface area (Å²) in [7, 11) is 0. The first-order valence-electron chi connectivity index (χ1n) is 4.66. The molecule has 0 radical (unpaired) electrons. The molecule has 0 atom stereocenters. The lowest BCUT2D eigenvalue weighted by Crippen LogP contribution is -1.84. The van der Waals surface area contributed by atoms with Crippen LogP contribution in [0.5, 0.6) is 0 Å². The number of benzene rings is 1. The average molecular weight is 188 g/mol. The van der Waals surface area contributed by atoms with Gasteiger partial charge in [0.2, 0.25) is 0 Å². The van der Waals surface area contributed by atoms with Gasteiger partial charge in [-0.1, -0.05) is 13.8 Å². The first-order valence-corrected chi connectivity index (χ1v) is 4.66. The van der Waals surface area contributed by atoms with Gasteiger partial charge in [0.25, 0.3) is 0 Å². The zero-order valence-electron chi connectivity index (χ0n) is 8.24. The normalized spacial score (nSPS) is 11.1. The van der Waals surface area contributed by atoms with Crippen LogP contribution in [-0.4, -0.2) is 4.98 Å². The van der Waals surface area contributed by atoms with Crippen molar-refractivity contribution in [2.24, 2.45) is 5.18 Å². The van der Waals surface area contributed by atoms with E-state index in [1.807, 2.05) is 6.07 Å². The van der Waals surface area contributed by atoms with Crippen LogP contribution in [0.15, 0.2) is 29.4 Å². The summed E-state index contributed by atoms with van der Waals surface area (Å²) in [5.41, 5.74) is 2.72. The van der Waals surface area contributed by atoms with E-state index in [4.69, 9.17) is 0 Å². The molecule has 0 unspecified atom stereocenters. The maximum absolute atomic E-state index is 10.3. The zero-order valence-corrected chi connectivity index (χ0v) is 8.24. The molecule has 1 aromatic heterocycles. The molecule has 1 heterocycles. The second kappa shape index (κ2) is 3.25.